The molecule has 0 N–H and O–H groups in total. The number of carbonyl (C=O) groups excluding carboxylic acids is 2. The minimum atomic E-state index is 0.0445. The molecule has 0 radical (unpaired) electrons. The molecule has 6 aromatic rings. The van der Waals surface area contributed by atoms with E-state index in [-0.39, 0.29) is 11.8 Å². The number of rotatable bonds is 10. The third kappa shape index (κ3) is 7.98. The van der Waals surface area contributed by atoms with Crippen LogP contribution < -0.4 is 9.47 Å². The van der Waals surface area contributed by atoms with Crippen LogP contribution in [0.2, 0.25) is 0 Å². The lowest BCUT2D eigenvalue weighted by Gasteiger charge is -2.06. The molecule has 0 saturated carbocycles. The number of aromatic nitrogens is 4. The van der Waals surface area contributed by atoms with Crippen molar-refractivity contribution in [2.24, 2.45) is 0 Å². The van der Waals surface area contributed by atoms with E-state index in [2.05, 4.69) is 9.97 Å². The van der Waals surface area contributed by atoms with Gasteiger partial charge in [0.2, 0.25) is 11.8 Å². The summed E-state index contributed by atoms with van der Waals surface area (Å²) in [6.45, 7) is 5.08. The Morgan fingerprint density at radius 2 is 1.09 bits per heavy atom. The van der Waals surface area contributed by atoms with E-state index < -0.39 is 0 Å². The van der Waals surface area contributed by atoms with Gasteiger partial charge < -0.3 is 9.47 Å². The second-order valence-corrected chi connectivity index (χ2v) is 10.5. The lowest BCUT2D eigenvalue weighted by atomic mass is 10.2. The van der Waals surface area contributed by atoms with Gasteiger partial charge in [-0.25, -0.2) is 9.97 Å². The first-order valence-electron chi connectivity index (χ1n) is 14.8. The van der Waals surface area contributed by atoms with Crippen LogP contribution in [0.15, 0.2) is 110 Å². The fourth-order valence-corrected chi connectivity index (χ4v) is 4.74. The summed E-state index contributed by atoms with van der Waals surface area (Å²) in [4.78, 5) is 33.1. The Labute approximate surface area is 256 Å². The Kier molecular flexibility index (Phi) is 10.2. The quantitative estimate of drug-likeness (QED) is 0.153. The van der Waals surface area contributed by atoms with Gasteiger partial charge in [-0.1, -0.05) is 48.5 Å². The maximum Gasteiger partial charge on any atom is 0.232 e. The van der Waals surface area contributed by atoms with Crippen molar-refractivity contribution in [3.05, 3.63) is 121 Å². The van der Waals surface area contributed by atoms with Crippen LogP contribution in [-0.2, 0) is 0 Å². The largest absolute Gasteiger partial charge is 0.494 e. The Hall–Kier alpha value is -5.24. The molecule has 2 aromatic heterocycles. The topological polar surface area (TPSA) is 88.2 Å². The first-order chi connectivity index (χ1) is 21.5. The van der Waals surface area contributed by atoms with Gasteiger partial charge in [-0.05, 0) is 86.3 Å². The van der Waals surface area contributed by atoms with E-state index in [1.165, 1.54) is 0 Å². The molecule has 2 heterocycles. The number of imidazole rings is 2. The SMILES string of the molecule is Cc1ccc2c(c1)ncn2C(=O)CCCOc1ccccc1.Cc1ccc2ncn(C(=O)CCCOc3ccccc3)c2c1. The molecule has 0 bridgehead atoms. The summed E-state index contributed by atoms with van der Waals surface area (Å²) in [5.74, 6) is 1.75. The highest BCUT2D eigenvalue weighted by Crippen LogP contribution is 2.17. The van der Waals surface area contributed by atoms with E-state index in [1.54, 1.807) is 21.8 Å². The van der Waals surface area contributed by atoms with E-state index in [1.807, 2.05) is 111 Å². The first-order valence-corrected chi connectivity index (χ1v) is 14.8. The van der Waals surface area contributed by atoms with E-state index in [0.29, 0.717) is 38.9 Å². The van der Waals surface area contributed by atoms with Crippen LogP contribution in [0.4, 0.5) is 0 Å². The molecule has 0 unspecified atom stereocenters. The lowest BCUT2D eigenvalue weighted by molar-refractivity contribution is 0.0890. The van der Waals surface area contributed by atoms with Gasteiger partial charge in [0.05, 0.1) is 35.3 Å². The summed E-state index contributed by atoms with van der Waals surface area (Å²) in [6, 6.07) is 31.1. The molecule has 0 aliphatic carbocycles. The molecule has 0 saturated heterocycles. The number of hydrogen-bond acceptors (Lipinski definition) is 6. The Morgan fingerprint density at radius 3 is 1.68 bits per heavy atom. The second-order valence-electron chi connectivity index (χ2n) is 10.5. The Balaban J connectivity index is 0.000000175. The van der Waals surface area contributed by atoms with E-state index in [0.717, 1.165) is 44.7 Å². The molecule has 44 heavy (non-hydrogen) atoms. The van der Waals surface area contributed by atoms with Gasteiger partial charge in [-0.2, -0.15) is 0 Å². The summed E-state index contributed by atoms with van der Waals surface area (Å²) in [7, 11) is 0. The number of carbonyl (C=O) groups is 2. The van der Waals surface area contributed by atoms with Crippen molar-refractivity contribution in [3.8, 4) is 11.5 Å². The molecular formula is C36H36N4O4. The van der Waals surface area contributed by atoms with Crippen LogP contribution in [0.3, 0.4) is 0 Å². The maximum atomic E-state index is 12.3. The summed E-state index contributed by atoms with van der Waals surface area (Å²) in [5, 5.41) is 0. The smallest absolute Gasteiger partial charge is 0.232 e. The van der Waals surface area contributed by atoms with Crippen LogP contribution in [0, 0.1) is 13.8 Å². The van der Waals surface area contributed by atoms with Crippen molar-refractivity contribution in [2.45, 2.75) is 39.5 Å². The highest BCUT2D eigenvalue weighted by Gasteiger charge is 2.11. The standard InChI is InChI=1S/2C18H18N2O2/c1-14-9-10-17-16(12-14)19-13-20(17)18(21)8-5-11-22-15-6-3-2-4-7-15;1-14-9-10-16-17(12-14)20(13-19-16)18(21)8-5-11-22-15-6-3-2-4-7-15/h2*2-4,6-7,9-10,12-13H,5,8,11H2,1H3. The average Bonchev–Trinajstić information content (AvgIpc) is 3.66. The number of para-hydroxylation sites is 2. The van der Waals surface area contributed by atoms with Gasteiger partial charge in [0, 0.05) is 12.8 Å². The minimum absolute atomic E-state index is 0.0445. The van der Waals surface area contributed by atoms with Crippen molar-refractivity contribution >= 4 is 33.9 Å². The molecule has 224 valence electrons. The minimum Gasteiger partial charge on any atom is -0.494 e. The van der Waals surface area contributed by atoms with Gasteiger partial charge in [-0.15, -0.1) is 0 Å². The number of fused-ring (bicyclic) bond motifs is 2. The van der Waals surface area contributed by atoms with Gasteiger partial charge in [0.25, 0.3) is 0 Å². The normalized spacial score (nSPS) is 10.8. The number of nitrogens with zero attached hydrogens (tertiary/aromatic N) is 4. The third-order valence-corrected chi connectivity index (χ3v) is 7.04. The fourth-order valence-electron chi connectivity index (χ4n) is 4.74. The van der Waals surface area contributed by atoms with E-state index in [9.17, 15) is 9.59 Å². The zero-order valence-electron chi connectivity index (χ0n) is 25.1. The van der Waals surface area contributed by atoms with Gasteiger partial charge in [-0.3, -0.25) is 18.7 Å². The highest BCUT2D eigenvalue weighted by atomic mass is 16.5. The van der Waals surface area contributed by atoms with Gasteiger partial charge >= 0.3 is 0 Å². The predicted molar refractivity (Wildman–Crippen MR) is 173 cm³/mol. The highest BCUT2D eigenvalue weighted by molar-refractivity contribution is 5.91. The molecule has 0 amide bonds. The molecule has 6 rings (SSSR count). The zero-order chi connectivity index (χ0) is 30.7. The molecule has 8 heteroatoms. The summed E-state index contributed by atoms with van der Waals surface area (Å²) in [6.07, 6.45) is 5.44. The third-order valence-electron chi connectivity index (χ3n) is 7.04. The van der Waals surface area contributed by atoms with Crippen LogP contribution in [0.5, 0.6) is 11.5 Å². The summed E-state index contributed by atoms with van der Waals surface area (Å²) < 4.78 is 14.5. The molecule has 0 aliphatic heterocycles. The molecule has 0 atom stereocenters. The molecule has 8 nitrogen and oxygen atoms in total. The average molecular weight is 589 g/mol. The predicted octanol–water partition coefficient (Wildman–Crippen LogP) is 7.69. The van der Waals surface area contributed by atoms with E-state index >= 15 is 0 Å². The van der Waals surface area contributed by atoms with Crippen molar-refractivity contribution in [1.29, 1.82) is 0 Å². The lowest BCUT2D eigenvalue weighted by Crippen LogP contribution is -2.11. The molecular weight excluding hydrogens is 552 g/mol. The zero-order valence-corrected chi connectivity index (χ0v) is 25.1. The number of ether oxygens (including phenoxy) is 2. The number of hydrogen-bond donors (Lipinski definition) is 0. The van der Waals surface area contributed by atoms with Gasteiger partial charge in [0.1, 0.15) is 24.2 Å². The Morgan fingerprint density at radius 1 is 0.591 bits per heavy atom. The maximum absolute atomic E-state index is 12.3. The van der Waals surface area contributed by atoms with Crippen LogP contribution in [0.25, 0.3) is 22.1 Å². The molecule has 0 aliphatic rings. The number of aryl methyl sites for hydroxylation is 2. The number of benzene rings is 4. The summed E-state index contributed by atoms with van der Waals surface area (Å²) >= 11 is 0. The Bertz CT molecular complexity index is 1830. The fraction of sp³-hybridized carbons (Fsp3) is 0.222. The van der Waals surface area contributed by atoms with E-state index in [4.69, 9.17) is 9.47 Å². The molecule has 0 fully saturated rings. The second kappa shape index (κ2) is 14.8. The van der Waals surface area contributed by atoms with Crippen molar-refractivity contribution in [1.82, 2.24) is 19.1 Å². The summed E-state index contributed by atoms with van der Waals surface area (Å²) in [5.41, 5.74) is 5.69. The van der Waals surface area contributed by atoms with Crippen molar-refractivity contribution in [2.75, 3.05) is 13.2 Å². The van der Waals surface area contributed by atoms with Crippen molar-refractivity contribution in [3.63, 3.8) is 0 Å². The van der Waals surface area contributed by atoms with Crippen LogP contribution in [0.1, 0.15) is 46.4 Å². The van der Waals surface area contributed by atoms with Crippen LogP contribution in [-0.4, -0.2) is 44.1 Å². The molecule has 0 spiro atoms. The molecule has 4 aromatic carbocycles. The van der Waals surface area contributed by atoms with Gasteiger partial charge in [0.15, 0.2) is 0 Å². The van der Waals surface area contributed by atoms with Crippen molar-refractivity contribution < 1.29 is 19.1 Å². The van der Waals surface area contributed by atoms with Crippen LogP contribution >= 0.6 is 0 Å². The monoisotopic (exact) mass is 588 g/mol. The first kappa shape index (κ1) is 30.2.